The molecular weight excluding hydrogens is 364 g/mol. The van der Waals surface area contributed by atoms with Crippen LogP contribution in [0.4, 0.5) is 5.69 Å². The van der Waals surface area contributed by atoms with E-state index in [0.29, 0.717) is 52.1 Å². The Balaban J connectivity index is 1.37. The monoisotopic (exact) mass is 392 g/mol. The van der Waals surface area contributed by atoms with Crippen LogP contribution in [0.5, 0.6) is 0 Å². The van der Waals surface area contributed by atoms with Crippen molar-refractivity contribution in [3.05, 3.63) is 29.8 Å². The van der Waals surface area contributed by atoms with Crippen LogP contribution in [-0.2, 0) is 21.5 Å². The molecular formula is C19H28N4O3S. The number of hydrogen-bond acceptors (Lipinski definition) is 4. The molecule has 148 valence electrons. The lowest BCUT2D eigenvalue weighted by Gasteiger charge is -2.35. The molecule has 1 aromatic carbocycles. The summed E-state index contributed by atoms with van der Waals surface area (Å²) in [7, 11) is -3.35. The summed E-state index contributed by atoms with van der Waals surface area (Å²) >= 11 is 0. The summed E-state index contributed by atoms with van der Waals surface area (Å²) < 4.78 is 28.6. The molecule has 2 saturated heterocycles. The molecule has 3 aliphatic rings. The first-order valence-corrected chi connectivity index (χ1v) is 11.3. The number of carbonyl (C=O) groups excluding carboxylic acids is 1. The zero-order chi connectivity index (χ0) is 18.9. The highest BCUT2D eigenvalue weighted by Crippen LogP contribution is 2.27. The number of nitrogens with zero attached hydrogens (tertiary/aromatic N) is 3. The molecule has 0 aromatic heterocycles. The van der Waals surface area contributed by atoms with E-state index < -0.39 is 10.2 Å². The summed E-state index contributed by atoms with van der Waals surface area (Å²) in [4.78, 5) is 15.0. The summed E-state index contributed by atoms with van der Waals surface area (Å²) in [5, 5.41) is 3.38. The number of benzene rings is 1. The molecule has 0 radical (unpaired) electrons. The number of rotatable bonds is 3. The van der Waals surface area contributed by atoms with Crippen LogP contribution in [-0.4, -0.2) is 67.1 Å². The molecule has 8 heteroatoms. The summed E-state index contributed by atoms with van der Waals surface area (Å²) in [6.45, 7) is 4.18. The molecule has 0 unspecified atom stereocenters. The van der Waals surface area contributed by atoms with Gasteiger partial charge in [0.1, 0.15) is 0 Å². The lowest BCUT2D eigenvalue weighted by atomic mass is 9.96. The van der Waals surface area contributed by atoms with Gasteiger partial charge in [-0.05, 0) is 37.3 Å². The van der Waals surface area contributed by atoms with E-state index in [4.69, 9.17) is 0 Å². The maximum Gasteiger partial charge on any atom is 0.281 e. The molecule has 0 atom stereocenters. The van der Waals surface area contributed by atoms with Crippen LogP contribution < -0.4 is 5.32 Å². The van der Waals surface area contributed by atoms with Gasteiger partial charge in [0.25, 0.3) is 10.2 Å². The highest BCUT2D eigenvalue weighted by Gasteiger charge is 2.37. The van der Waals surface area contributed by atoms with E-state index in [9.17, 15) is 13.2 Å². The van der Waals surface area contributed by atoms with Gasteiger partial charge in [-0.2, -0.15) is 17.0 Å². The molecule has 27 heavy (non-hydrogen) atoms. The van der Waals surface area contributed by atoms with Crippen molar-refractivity contribution in [2.45, 2.75) is 32.2 Å². The van der Waals surface area contributed by atoms with E-state index in [2.05, 4.69) is 11.4 Å². The number of carbonyl (C=O) groups is 1. The minimum atomic E-state index is -3.35. The van der Waals surface area contributed by atoms with Crippen molar-refractivity contribution in [2.75, 3.05) is 44.6 Å². The van der Waals surface area contributed by atoms with E-state index in [0.717, 1.165) is 30.6 Å². The van der Waals surface area contributed by atoms with Crippen LogP contribution >= 0.6 is 0 Å². The van der Waals surface area contributed by atoms with E-state index in [1.807, 2.05) is 23.1 Å². The van der Waals surface area contributed by atoms with Crippen molar-refractivity contribution in [3.63, 3.8) is 0 Å². The fourth-order valence-corrected chi connectivity index (χ4v) is 6.02. The molecule has 7 nitrogen and oxygen atoms in total. The zero-order valence-electron chi connectivity index (χ0n) is 15.6. The largest absolute Gasteiger partial charge is 0.383 e. The zero-order valence-corrected chi connectivity index (χ0v) is 16.5. The van der Waals surface area contributed by atoms with Crippen molar-refractivity contribution in [1.82, 2.24) is 13.5 Å². The first-order valence-electron chi connectivity index (χ1n) is 9.91. The second-order valence-corrected chi connectivity index (χ2v) is 9.56. The number of para-hydroxylation sites is 1. The molecule has 0 bridgehead atoms. The third-order valence-corrected chi connectivity index (χ3v) is 7.94. The minimum Gasteiger partial charge on any atom is -0.383 e. The number of fused-ring (bicyclic) bond motifs is 1. The fraction of sp³-hybridized carbons (Fsp3) is 0.632. The molecule has 1 aromatic rings. The third-order valence-electron chi connectivity index (χ3n) is 5.91. The van der Waals surface area contributed by atoms with Gasteiger partial charge in [0.2, 0.25) is 5.91 Å². The van der Waals surface area contributed by atoms with E-state index in [-0.39, 0.29) is 11.8 Å². The Morgan fingerprint density at radius 1 is 0.963 bits per heavy atom. The van der Waals surface area contributed by atoms with Gasteiger partial charge in [-0.15, -0.1) is 0 Å². The van der Waals surface area contributed by atoms with Gasteiger partial charge in [0, 0.05) is 57.4 Å². The van der Waals surface area contributed by atoms with Crippen LogP contribution in [0.3, 0.4) is 0 Å². The Hall–Kier alpha value is -1.64. The number of anilines is 1. The highest BCUT2D eigenvalue weighted by atomic mass is 32.2. The maximum absolute atomic E-state index is 13.0. The molecule has 0 saturated carbocycles. The van der Waals surface area contributed by atoms with Crippen molar-refractivity contribution < 1.29 is 13.2 Å². The van der Waals surface area contributed by atoms with Gasteiger partial charge in [-0.1, -0.05) is 18.2 Å². The Morgan fingerprint density at radius 3 is 2.37 bits per heavy atom. The molecule has 3 heterocycles. The van der Waals surface area contributed by atoms with Crippen molar-refractivity contribution in [2.24, 2.45) is 5.92 Å². The van der Waals surface area contributed by atoms with Crippen LogP contribution in [0.2, 0.25) is 0 Å². The Labute approximate surface area is 161 Å². The van der Waals surface area contributed by atoms with Crippen molar-refractivity contribution in [1.29, 1.82) is 0 Å². The molecule has 1 N–H and O–H groups in total. The van der Waals surface area contributed by atoms with Gasteiger partial charge in [-0.25, -0.2) is 0 Å². The predicted molar refractivity (Wildman–Crippen MR) is 104 cm³/mol. The Morgan fingerprint density at radius 2 is 1.63 bits per heavy atom. The highest BCUT2D eigenvalue weighted by molar-refractivity contribution is 7.86. The SMILES string of the molecule is O=C(C1CCN(S(=O)(=O)N2CCCC2)CC1)N1CCNc2ccccc2C1. The van der Waals surface area contributed by atoms with Gasteiger partial charge in [0.05, 0.1) is 0 Å². The van der Waals surface area contributed by atoms with Gasteiger partial charge in [-0.3, -0.25) is 4.79 Å². The lowest BCUT2D eigenvalue weighted by molar-refractivity contribution is -0.137. The van der Waals surface area contributed by atoms with Gasteiger partial charge >= 0.3 is 0 Å². The fourth-order valence-electron chi connectivity index (χ4n) is 4.30. The smallest absolute Gasteiger partial charge is 0.281 e. The molecule has 0 aliphatic carbocycles. The van der Waals surface area contributed by atoms with E-state index in [1.165, 1.54) is 0 Å². The Bertz CT molecular complexity index is 784. The Kier molecular flexibility index (Phi) is 5.39. The summed E-state index contributed by atoms with van der Waals surface area (Å²) in [5.74, 6) is 0.0759. The lowest BCUT2D eigenvalue weighted by Crippen LogP contribution is -2.48. The van der Waals surface area contributed by atoms with Crippen molar-refractivity contribution >= 4 is 21.8 Å². The van der Waals surface area contributed by atoms with Crippen LogP contribution in [0.15, 0.2) is 24.3 Å². The second-order valence-electron chi connectivity index (χ2n) is 7.63. The number of amides is 1. The average molecular weight is 393 g/mol. The van der Waals surface area contributed by atoms with E-state index >= 15 is 0 Å². The van der Waals surface area contributed by atoms with Crippen LogP contribution in [0, 0.1) is 5.92 Å². The van der Waals surface area contributed by atoms with Crippen molar-refractivity contribution in [3.8, 4) is 0 Å². The predicted octanol–water partition coefficient (Wildman–Crippen LogP) is 1.49. The van der Waals surface area contributed by atoms with Crippen LogP contribution in [0.1, 0.15) is 31.2 Å². The first-order chi connectivity index (χ1) is 13.1. The number of hydrogen-bond donors (Lipinski definition) is 1. The molecule has 4 rings (SSSR count). The minimum absolute atomic E-state index is 0.0831. The number of piperidine rings is 1. The molecule has 0 spiro atoms. The topological polar surface area (TPSA) is 73.0 Å². The third kappa shape index (κ3) is 3.83. The quantitative estimate of drug-likeness (QED) is 0.846. The molecule has 3 aliphatic heterocycles. The normalized spacial score (nSPS) is 22.9. The standard InChI is InChI=1S/C19H28N4O3S/c24-19(21-14-9-20-18-6-2-1-5-17(18)15-21)16-7-12-23(13-8-16)27(25,26)22-10-3-4-11-22/h1-2,5-6,16,20H,3-4,7-15H2. The first kappa shape index (κ1) is 18.7. The molecule has 2 fully saturated rings. The molecule has 1 amide bonds. The second kappa shape index (κ2) is 7.77. The average Bonchev–Trinajstić information content (AvgIpc) is 3.15. The maximum atomic E-state index is 13.0. The van der Waals surface area contributed by atoms with Gasteiger partial charge < -0.3 is 10.2 Å². The van der Waals surface area contributed by atoms with Gasteiger partial charge in [0.15, 0.2) is 0 Å². The van der Waals surface area contributed by atoms with Crippen LogP contribution in [0.25, 0.3) is 0 Å². The summed E-state index contributed by atoms with van der Waals surface area (Å²) in [5.41, 5.74) is 2.23. The summed E-state index contributed by atoms with van der Waals surface area (Å²) in [6.07, 6.45) is 3.10. The summed E-state index contributed by atoms with van der Waals surface area (Å²) in [6, 6.07) is 8.10. The van der Waals surface area contributed by atoms with E-state index in [1.54, 1.807) is 8.61 Å². The number of nitrogens with one attached hydrogen (secondary N) is 1.